The highest BCUT2D eigenvalue weighted by Crippen LogP contribution is 2.48. The standard InChI is InChI=1S/C12H17NO3/c1-2-3-6-13-11(14)9-7-4-5-8(16-7)10(9)12(13)15/h7-10H,2-6H2,1H3/t7-,8-,9?,10?/m1/s1. The highest BCUT2D eigenvalue weighted by molar-refractivity contribution is 6.06. The van der Waals surface area contributed by atoms with Crippen LogP contribution in [0.25, 0.3) is 0 Å². The van der Waals surface area contributed by atoms with E-state index < -0.39 is 0 Å². The number of imide groups is 1. The molecule has 0 aromatic heterocycles. The molecule has 2 bridgehead atoms. The predicted molar refractivity (Wildman–Crippen MR) is 56.5 cm³/mol. The number of carbonyl (C=O) groups excluding carboxylic acids is 2. The smallest absolute Gasteiger partial charge is 0.235 e. The van der Waals surface area contributed by atoms with Gasteiger partial charge >= 0.3 is 0 Å². The first-order chi connectivity index (χ1) is 7.74. The molecule has 0 aromatic carbocycles. The molecule has 16 heavy (non-hydrogen) atoms. The van der Waals surface area contributed by atoms with E-state index in [1.54, 1.807) is 0 Å². The van der Waals surface area contributed by atoms with Crippen LogP contribution in [0.1, 0.15) is 32.6 Å². The maximum Gasteiger partial charge on any atom is 0.235 e. The third kappa shape index (κ3) is 1.19. The van der Waals surface area contributed by atoms with Gasteiger partial charge in [-0.2, -0.15) is 0 Å². The summed E-state index contributed by atoms with van der Waals surface area (Å²) in [6.45, 7) is 2.67. The van der Waals surface area contributed by atoms with Crippen LogP contribution in [-0.4, -0.2) is 35.5 Å². The molecule has 0 radical (unpaired) electrons. The minimum Gasteiger partial charge on any atom is -0.373 e. The van der Waals surface area contributed by atoms with Crippen molar-refractivity contribution in [2.45, 2.75) is 44.8 Å². The zero-order valence-corrected chi connectivity index (χ0v) is 9.52. The fourth-order valence-corrected chi connectivity index (χ4v) is 3.31. The second-order valence-corrected chi connectivity index (χ2v) is 5.02. The Morgan fingerprint density at radius 2 is 1.75 bits per heavy atom. The first kappa shape index (κ1) is 10.3. The molecule has 0 spiro atoms. The third-order valence-electron chi connectivity index (χ3n) is 4.11. The van der Waals surface area contributed by atoms with E-state index in [9.17, 15) is 9.59 Å². The number of unbranched alkanes of at least 4 members (excludes halogenated alkanes) is 1. The predicted octanol–water partition coefficient (Wildman–Crippen LogP) is 0.949. The maximum atomic E-state index is 12.1. The van der Waals surface area contributed by atoms with Crippen LogP contribution in [-0.2, 0) is 14.3 Å². The van der Waals surface area contributed by atoms with E-state index in [2.05, 4.69) is 6.92 Å². The summed E-state index contributed by atoms with van der Waals surface area (Å²) in [6, 6.07) is 0. The number of hydrogen-bond donors (Lipinski definition) is 0. The van der Waals surface area contributed by atoms with Gasteiger partial charge in [-0.15, -0.1) is 0 Å². The van der Waals surface area contributed by atoms with Gasteiger partial charge in [0.15, 0.2) is 0 Å². The lowest BCUT2D eigenvalue weighted by Gasteiger charge is -2.16. The molecule has 2 amide bonds. The maximum absolute atomic E-state index is 12.1. The van der Waals surface area contributed by atoms with Gasteiger partial charge in [0.2, 0.25) is 11.8 Å². The van der Waals surface area contributed by atoms with Gasteiger partial charge in [-0.1, -0.05) is 13.3 Å². The van der Waals surface area contributed by atoms with Crippen molar-refractivity contribution in [1.29, 1.82) is 0 Å². The van der Waals surface area contributed by atoms with Crippen LogP contribution in [0.4, 0.5) is 0 Å². The highest BCUT2D eigenvalue weighted by atomic mass is 16.5. The van der Waals surface area contributed by atoms with Crippen molar-refractivity contribution in [3.05, 3.63) is 0 Å². The molecule has 0 N–H and O–H groups in total. The molecule has 3 heterocycles. The number of amides is 2. The summed E-state index contributed by atoms with van der Waals surface area (Å²) in [4.78, 5) is 25.7. The zero-order valence-electron chi connectivity index (χ0n) is 9.52. The van der Waals surface area contributed by atoms with Gasteiger partial charge in [-0.05, 0) is 19.3 Å². The molecule has 0 aliphatic carbocycles. The monoisotopic (exact) mass is 223 g/mol. The Morgan fingerprint density at radius 1 is 1.19 bits per heavy atom. The van der Waals surface area contributed by atoms with E-state index in [0.717, 1.165) is 25.7 Å². The Hall–Kier alpha value is -0.900. The average molecular weight is 223 g/mol. The van der Waals surface area contributed by atoms with Crippen molar-refractivity contribution >= 4 is 11.8 Å². The number of hydrogen-bond acceptors (Lipinski definition) is 3. The Labute approximate surface area is 94.9 Å². The normalized spacial score (nSPS) is 40.9. The molecule has 3 saturated heterocycles. The number of ether oxygens (including phenoxy) is 1. The number of nitrogens with zero attached hydrogens (tertiary/aromatic N) is 1. The quantitative estimate of drug-likeness (QED) is 0.669. The minimum atomic E-state index is -0.150. The summed E-state index contributed by atoms with van der Waals surface area (Å²) in [5, 5.41) is 0. The van der Waals surface area contributed by atoms with E-state index in [4.69, 9.17) is 4.74 Å². The second kappa shape index (κ2) is 3.55. The van der Waals surface area contributed by atoms with Crippen molar-refractivity contribution in [2.24, 2.45) is 11.8 Å². The molecule has 3 aliphatic heterocycles. The zero-order chi connectivity index (χ0) is 11.3. The summed E-state index contributed by atoms with van der Waals surface area (Å²) in [7, 11) is 0. The minimum absolute atomic E-state index is 0.0238. The second-order valence-electron chi connectivity index (χ2n) is 5.02. The Bertz CT molecular complexity index is 313. The summed E-state index contributed by atoms with van der Waals surface area (Å²) >= 11 is 0. The van der Waals surface area contributed by atoms with Crippen LogP contribution >= 0.6 is 0 Å². The average Bonchev–Trinajstić information content (AvgIpc) is 2.92. The Morgan fingerprint density at radius 3 is 2.25 bits per heavy atom. The lowest BCUT2D eigenvalue weighted by Crippen LogP contribution is -2.34. The molecular formula is C12H17NO3. The number of likely N-dealkylation sites (tertiary alicyclic amines) is 1. The summed E-state index contributed by atoms with van der Waals surface area (Å²) < 4.78 is 5.66. The SMILES string of the molecule is CCCCN1C(=O)C2C(C1=O)[C@H]1CC[C@H]2O1. The van der Waals surface area contributed by atoms with Crippen molar-refractivity contribution in [3.8, 4) is 0 Å². The molecule has 4 nitrogen and oxygen atoms in total. The lowest BCUT2D eigenvalue weighted by molar-refractivity contribution is -0.142. The van der Waals surface area contributed by atoms with Crippen LogP contribution in [0.15, 0.2) is 0 Å². The van der Waals surface area contributed by atoms with Gasteiger partial charge in [0, 0.05) is 6.54 Å². The summed E-state index contributed by atoms with van der Waals surface area (Å²) in [6.07, 6.45) is 3.87. The lowest BCUT2D eigenvalue weighted by atomic mass is 9.81. The molecule has 88 valence electrons. The molecule has 3 aliphatic rings. The van der Waals surface area contributed by atoms with Crippen molar-refractivity contribution in [3.63, 3.8) is 0 Å². The van der Waals surface area contributed by atoms with Gasteiger partial charge in [-0.3, -0.25) is 14.5 Å². The van der Waals surface area contributed by atoms with Crippen molar-refractivity contribution in [1.82, 2.24) is 4.90 Å². The molecule has 0 aromatic rings. The van der Waals surface area contributed by atoms with Crippen molar-refractivity contribution < 1.29 is 14.3 Å². The summed E-state index contributed by atoms with van der Waals surface area (Å²) in [5.41, 5.74) is 0. The first-order valence-electron chi connectivity index (χ1n) is 6.24. The van der Waals surface area contributed by atoms with E-state index in [1.165, 1.54) is 4.90 Å². The van der Waals surface area contributed by atoms with Gasteiger partial charge in [0.25, 0.3) is 0 Å². The first-order valence-corrected chi connectivity index (χ1v) is 6.24. The summed E-state index contributed by atoms with van der Waals surface area (Å²) in [5.74, 6) is -0.252. The fourth-order valence-electron chi connectivity index (χ4n) is 3.31. The van der Waals surface area contributed by atoms with Crippen LogP contribution in [0, 0.1) is 11.8 Å². The molecule has 4 atom stereocenters. The molecule has 3 rings (SSSR count). The van der Waals surface area contributed by atoms with E-state index in [-0.39, 0.29) is 35.9 Å². The fraction of sp³-hybridized carbons (Fsp3) is 0.833. The van der Waals surface area contributed by atoms with Gasteiger partial charge in [0.1, 0.15) is 0 Å². The van der Waals surface area contributed by atoms with Crippen molar-refractivity contribution in [2.75, 3.05) is 6.54 Å². The Balaban J connectivity index is 1.81. The molecule has 0 saturated carbocycles. The van der Waals surface area contributed by atoms with E-state index in [1.807, 2.05) is 0 Å². The number of fused-ring (bicyclic) bond motifs is 5. The van der Waals surface area contributed by atoms with Crippen LogP contribution in [0.2, 0.25) is 0 Å². The third-order valence-corrected chi connectivity index (χ3v) is 4.11. The van der Waals surface area contributed by atoms with Crippen LogP contribution in [0.5, 0.6) is 0 Å². The molecular weight excluding hydrogens is 206 g/mol. The van der Waals surface area contributed by atoms with Gasteiger partial charge < -0.3 is 4.74 Å². The molecule has 3 fully saturated rings. The highest BCUT2D eigenvalue weighted by Gasteiger charge is 2.61. The van der Waals surface area contributed by atoms with E-state index >= 15 is 0 Å². The Kier molecular flexibility index (Phi) is 2.28. The van der Waals surface area contributed by atoms with E-state index in [0.29, 0.717) is 6.54 Å². The van der Waals surface area contributed by atoms with Crippen LogP contribution in [0.3, 0.4) is 0 Å². The topological polar surface area (TPSA) is 46.6 Å². The van der Waals surface area contributed by atoms with Gasteiger partial charge in [-0.25, -0.2) is 0 Å². The van der Waals surface area contributed by atoms with Crippen LogP contribution < -0.4 is 0 Å². The van der Waals surface area contributed by atoms with Gasteiger partial charge in [0.05, 0.1) is 24.0 Å². The number of carbonyl (C=O) groups is 2. The largest absolute Gasteiger partial charge is 0.373 e. The number of rotatable bonds is 3. The molecule has 4 heteroatoms. The molecule has 2 unspecified atom stereocenters.